The summed E-state index contributed by atoms with van der Waals surface area (Å²) in [6.07, 6.45) is 4.39. The molecule has 2 amide bonds. The Balaban J connectivity index is 1.52. The first-order valence-electron chi connectivity index (χ1n) is 9.85. The molecule has 3 aromatic rings. The zero-order valence-corrected chi connectivity index (χ0v) is 17.0. The summed E-state index contributed by atoms with van der Waals surface area (Å²) in [5, 5.41) is 4.25. The van der Waals surface area contributed by atoms with Gasteiger partial charge in [-0.15, -0.1) is 0 Å². The molecule has 1 atom stereocenters. The number of nitrogens with zero attached hydrogens (tertiary/aromatic N) is 4. The molecule has 7 heteroatoms. The Kier molecular flexibility index (Phi) is 4.82. The maximum atomic E-state index is 12.9. The third kappa shape index (κ3) is 3.26. The summed E-state index contributed by atoms with van der Waals surface area (Å²) in [4.78, 5) is 30.9. The lowest BCUT2D eigenvalue weighted by Crippen LogP contribution is -2.30. The van der Waals surface area contributed by atoms with Gasteiger partial charge in [0.2, 0.25) is 5.91 Å². The van der Waals surface area contributed by atoms with Crippen molar-refractivity contribution in [3.63, 3.8) is 0 Å². The number of amides is 2. The maximum absolute atomic E-state index is 12.9. The SMILES string of the molecule is Cc1nc2c(C(N)=O)cnn2c(C)c1CCC(=O)N(C)C1CCc2ccccc21. The Morgan fingerprint density at radius 3 is 2.79 bits per heavy atom. The third-order valence-corrected chi connectivity index (χ3v) is 6.03. The molecule has 4 rings (SSSR count). The van der Waals surface area contributed by atoms with Crippen LogP contribution in [0.5, 0.6) is 0 Å². The van der Waals surface area contributed by atoms with Gasteiger partial charge in [-0.05, 0) is 49.8 Å². The van der Waals surface area contributed by atoms with E-state index in [0.29, 0.717) is 24.1 Å². The van der Waals surface area contributed by atoms with Crippen LogP contribution in [0, 0.1) is 13.8 Å². The summed E-state index contributed by atoms with van der Waals surface area (Å²) in [5.74, 6) is -0.434. The van der Waals surface area contributed by atoms with E-state index in [1.165, 1.54) is 17.3 Å². The van der Waals surface area contributed by atoms with Crippen LogP contribution in [0.2, 0.25) is 0 Å². The summed E-state index contributed by atoms with van der Waals surface area (Å²) in [6, 6.07) is 8.50. The molecule has 2 N–H and O–H groups in total. The van der Waals surface area contributed by atoms with Crippen molar-refractivity contribution < 1.29 is 9.59 Å². The van der Waals surface area contributed by atoms with Crippen LogP contribution in [-0.4, -0.2) is 38.4 Å². The highest BCUT2D eigenvalue weighted by Crippen LogP contribution is 2.35. The molecule has 29 heavy (non-hydrogen) atoms. The zero-order valence-electron chi connectivity index (χ0n) is 17.0. The van der Waals surface area contributed by atoms with Crippen molar-refractivity contribution in [1.82, 2.24) is 19.5 Å². The first-order chi connectivity index (χ1) is 13.9. The van der Waals surface area contributed by atoms with Crippen LogP contribution in [0.1, 0.15) is 57.3 Å². The summed E-state index contributed by atoms with van der Waals surface area (Å²) in [7, 11) is 1.89. The van der Waals surface area contributed by atoms with Crippen molar-refractivity contribution in [3.8, 4) is 0 Å². The van der Waals surface area contributed by atoms with Crippen molar-refractivity contribution in [2.24, 2.45) is 5.73 Å². The summed E-state index contributed by atoms with van der Waals surface area (Å²) < 4.78 is 1.63. The lowest BCUT2D eigenvalue weighted by atomic mass is 10.0. The highest BCUT2D eigenvalue weighted by Gasteiger charge is 2.28. The van der Waals surface area contributed by atoms with Crippen LogP contribution in [0.15, 0.2) is 30.5 Å². The molecule has 0 saturated carbocycles. The molecule has 0 aliphatic heterocycles. The molecular weight excluding hydrogens is 366 g/mol. The fraction of sp³-hybridized carbons (Fsp3) is 0.364. The van der Waals surface area contributed by atoms with Crippen LogP contribution in [-0.2, 0) is 17.6 Å². The van der Waals surface area contributed by atoms with E-state index in [0.717, 1.165) is 29.8 Å². The van der Waals surface area contributed by atoms with E-state index in [9.17, 15) is 9.59 Å². The largest absolute Gasteiger partial charge is 0.365 e. The van der Waals surface area contributed by atoms with E-state index in [1.54, 1.807) is 4.52 Å². The van der Waals surface area contributed by atoms with Gasteiger partial charge >= 0.3 is 0 Å². The molecule has 2 heterocycles. The van der Waals surface area contributed by atoms with E-state index in [1.807, 2.05) is 31.9 Å². The number of primary amides is 1. The van der Waals surface area contributed by atoms with Gasteiger partial charge in [-0.1, -0.05) is 24.3 Å². The van der Waals surface area contributed by atoms with Gasteiger partial charge in [0.25, 0.3) is 5.91 Å². The average molecular weight is 391 g/mol. The Labute approximate surface area is 169 Å². The minimum Gasteiger partial charge on any atom is -0.365 e. The quantitative estimate of drug-likeness (QED) is 0.723. The zero-order chi connectivity index (χ0) is 20.7. The first kappa shape index (κ1) is 19.1. The number of aryl methyl sites for hydroxylation is 3. The van der Waals surface area contributed by atoms with E-state index >= 15 is 0 Å². The number of hydrogen-bond donors (Lipinski definition) is 1. The van der Waals surface area contributed by atoms with Gasteiger partial charge in [0.05, 0.1) is 12.2 Å². The van der Waals surface area contributed by atoms with Crippen molar-refractivity contribution in [2.75, 3.05) is 7.05 Å². The van der Waals surface area contributed by atoms with Gasteiger partial charge in [0, 0.05) is 24.9 Å². The van der Waals surface area contributed by atoms with Crippen LogP contribution in [0.3, 0.4) is 0 Å². The van der Waals surface area contributed by atoms with Gasteiger partial charge in [0.1, 0.15) is 5.56 Å². The van der Waals surface area contributed by atoms with Crippen molar-refractivity contribution >= 4 is 17.5 Å². The Hall–Kier alpha value is -3.22. The molecule has 1 aliphatic carbocycles. The van der Waals surface area contributed by atoms with Crippen LogP contribution in [0.25, 0.3) is 5.65 Å². The summed E-state index contributed by atoms with van der Waals surface area (Å²) >= 11 is 0. The van der Waals surface area contributed by atoms with Crippen LogP contribution < -0.4 is 5.73 Å². The summed E-state index contributed by atoms with van der Waals surface area (Å²) in [6.45, 7) is 3.82. The molecule has 7 nitrogen and oxygen atoms in total. The predicted octanol–water partition coefficient (Wildman–Crippen LogP) is 2.52. The first-order valence-corrected chi connectivity index (χ1v) is 9.85. The molecule has 0 saturated heterocycles. The Bertz CT molecular complexity index is 1120. The number of carbonyl (C=O) groups is 2. The number of rotatable bonds is 5. The molecule has 2 aromatic heterocycles. The summed E-state index contributed by atoms with van der Waals surface area (Å²) in [5.41, 5.74) is 11.4. The Morgan fingerprint density at radius 2 is 2.03 bits per heavy atom. The molecule has 0 fully saturated rings. The number of nitrogens with two attached hydrogens (primary N) is 1. The minimum atomic E-state index is -0.548. The lowest BCUT2D eigenvalue weighted by molar-refractivity contribution is -0.132. The molecule has 0 radical (unpaired) electrons. The molecule has 1 aromatic carbocycles. The van der Waals surface area contributed by atoms with E-state index in [-0.39, 0.29) is 11.9 Å². The minimum absolute atomic E-state index is 0.115. The van der Waals surface area contributed by atoms with Gasteiger partial charge in [0.15, 0.2) is 5.65 Å². The van der Waals surface area contributed by atoms with Gasteiger partial charge < -0.3 is 10.6 Å². The normalized spacial score (nSPS) is 15.5. The smallest absolute Gasteiger partial charge is 0.254 e. The molecule has 0 spiro atoms. The van der Waals surface area contributed by atoms with Gasteiger partial charge in [-0.2, -0.15) is 5.10 Å². The fourth-order valence-electron chi connectivity index (χ4n) is 4.37. The number of aromatic nitrogens is 3. The fourth-order valence-corrected chi connectivity index (χ4v) is 4.37. The van der Waals surface area contributed by atoms with Crippen molar-refractivity contribution in [3.05, 3.63) is 64.1 Å². The predicted molar refractivity (Wildman–Crippen MR) is 110 cm³/mol. The standard InChI is InChI=1S/C22H25N5O2/c1-13-16(14(2)27-22(25-13)18(12-24-27)21(23)29)9-11-20(28)26(3)19-10-8-15-6-4-5-7-17(15)19/h4-7,12,19H,8-11H2,1-3H3,(H2,23,29). The second kappa shape index (κ2) is 7.31. The number of hydrogen-bond acceptors (Lipinski definition) is 4. The molecule has 150 valence electrons. The van der Waals surface area contributed by atoms with Crippen LogP contribution in [0.4, 0.5) is 0 Å². The van der Waals surface area contributed by atoms with E-state index < -0.39 is 5.91 Å². The molecular formula is C22H25N5O2. The molecule has 1 aliphatic rings. The molecule has 1 unspecified atom stereocenters. The van der Waals surface area contributed by atoms with Crippen molar-refractivity contribution in [1.29, 1.82) is 0 Å². The number of benzene rings is 1. The van der Waals surface area contributed by atoms with Gasteiger partial charge in [-0.3, -0.25) is 9.59 Å². The van der Waals surface area contributed by atoms with E-state index in [4.69, 9.17) is 5.73 Å². The Morgan fingerprint density at radius 1 is 1.28 bits per heavy atom. The molecule has 0 bridgehead atoms. The van der Waals surface area contributed by atoms with Gasteiger partial charge in [-0.25, -0.2) is 9.50 Å². The second-order valence-corrected chi connectivity index (χ2v) is 7.68. The van der Waals surface area contributed by atoms with Crippen LogP contribution >= 0.6 is 0 Å². The highest BCUT2D eigenvalue weighted by molar-refractivity contribution is 5.98. The highest BCUT2D eigenvalue weighted by atomic mass is 16.2. The number of fused-ring (bicyclic) bond motifs is 2. The number of carbonyl (C=O) groups excluding carboxylic acids is 2. The van der Waals surface area contributed by atoms with Crippen molar-refractivity contribution in [2.45, 2.75) is 45.6 Å². The topological polar surface area (TPSA) is 93.6 Å². The lowest BCUT2D eigenvalue weighted by Gasteiger charge is -2.26. The van der Waals surface area contributed by atoms with E-state index in [2.05, 4.69) is 28.3 Å². The monoisotopic (exact) mass is 391 g/mol. The third-order valence-electron chi connectivity index (χ3n) is 6.03. The maximum Gasteiger partial charge on any atom is 0.254 e. The average Bonchev–Trinajstić information content (AvgIpc) is 3.31. The second-order valence-electron chi connectivity index (χ2n) is 7.68.